The van der Waals surface area contributed by atoms with Crippen molar-refractivity contribution in [3.05, 3.63) is 52.3 Å². The molecule has 1 fully saturated rings. The lowest BCUT2D eigenvalue weighted by atomic mass is 10.1. The first-order valence-electron chi connectivity index (χ1n) is 8.20. The summed E-state index contributed by atoms with van der Waals surface area (Å²) in [5, 5.41) is 3.95. The molecule has 4 nitrogen and oxygen atoms in total. The fourth-order valence-corrected chi connectivity index (χ4v) is 4.02. The van der Waals surface area contributed by atoms with Crippen molar-refractivity contribution in [2.75, 3.05) is 11.9 Å². The van der Waals surface area contributed by atoms with E-state index in [-0.39, 0.29) is 11.9 Å². The molecule has 24 heavy (non-hydrogen) atoms. The Morgan fingerprint density at radius 2 is 2.17 bits per heavy atom. The highest BCUT2D eigenvalue weighted by Crippen LogP contribution is 2.25. The van der Waals surface area contributed by atoms with E-state index in [9.17, 15) is 4.79 Å². The maximum atomic E-state index is 12.7. The van der Waals surface area contributed by atoms with Gasteiger partial charge in [-0.3, -0.25) is 4.79 Å². The van der Waals surface area contributed by atoms with Gasteiger partial charge in [0.2, 0.25) is 0 Å². The number of carbonyl (C=O) groups is 1. The Morgan fingerprint density at radius 3 is 2.83 bits per heavy atom. The minimum absolute atomic E-state index is 0.0182. The number of likely N-dealkylation sites (tertiary alicyclic amines) is 1. The van der Waals surface area contributed by atoms with Crippen molar-refractivity contribution in [3.63, 3.8) is 0 Å². The van der Waals surface area contributed by atoms with E-state index in [2.05, 4.69) is 35.3 Å². The molecule has 1 saturated heterocycles. The summed E-state index contributed by atoms with van der Waals surface area (Å²) in [4.78, 5) is 14.0. The molecule has 1 amide bonds. The Labute approximate surface area is 152 Å². The molecule has 6 heteroatoms. The van der Waals surface area contributed by atoms with Crippen LogP contribution < -0.4 is 10.2 Å². The smallest absolute Gasteiger partial charge is 0.282 e. The Kier molecular flexibility index (Phi) is 5.18. The highest BCUT2D eigenvalue weighted by Gasteiger charge is 2.38. The third-order valence-electron chi connectivity index (χ3n) is 4.89. The molecule has 3 atom stereocenters. The number of amides is 1. The number of hydrogen-bond acceptors (Lipinski definition) is 1. The Hall–Kier alpha value is -1.49. The van der Waals surface area contributed by atoms with Crippen LogP contribution in [-0.4, -0.2) is 23.1 Å². The molecule has 1 aromatic carbocycles. The van der Waals surface area contributed by atoms with Crippen LogP contribution in [-0.2, 0) is 11.8 Å². The number of hydrogen-bond donors (Lipinski definition) is 2. The lowest BCUT2D eigenvalue weighted by Crippen LogP contribution is -3.15. The first kappa shape index (κ1) is 17.3. The van der Waals surface area contributed by atoms with Gasteiger partial charge in [0.15, 0.2) is 6.04 Å². The molecule has 2 aromatic rings. The molecule has 0 spiro atoms. The van der Waals surface area contributed by atoms with Gasteiger partial charge in [0.05, 0.1) is 22.9 Å². The first-order valence-corrected chi connectivity index (χ1v) is 8.95. The van der Waals surface area contributed by atoms with E-state index >= 15 is 0 Å². The van der Waals surface area contributed by atoms with Crippen molar-refractivity contribution in [3.8, 4) is 0 Å². The summed E-state index contributed by atoms with van der Waals surface area (Å²) >= 11 is 12.1. The van der Waals surface area contributed by atoms with Crippen molar-refractivity contribution in [2.45, 2.75) is 31.8 Å². The zero-order valence-electron chi connectivity index (χ0n) is 13.9. The SMILES string of the molecule is C[C@H](C(=O)Nc1ccc(Cl)cc1Cl)[NH+]1CCC[C@@H]1c1cccn1C. The van der Waals surface area contributed by atoms with E-state index in [0.29, 0.717) is 21.8 Å². The van der Waals surface area contributed by atoms with E-state index < -0.39 is 0 Å². The molecule has 128 valence electrons. The second-order valence-corrected chi connectivity index (χ2v) is 7.24. The minimum Gasteiger partial charge on any atom is -0.350 e. The van der Waals surface area contributed by atoms with Gasteiger partial charge in [0.1, 0.15) is 6.04 Å². The average molecular weight is 367 g/mol. The lowest BCUT2D eigenvalue weighted by Gasteiger charge is -2.27. The highest BCUT2D eigenvalue weighted by atomic mass is 35.5. The summed E-state index contributed by atoms with van der Waals surface area (Å²) in [5.74, 6) is -0.0182. The number of rotatable bonds is 4. The first-order chi connectivity index (χ1) is 11.5. The summed E-state index contributed by atoms with van der Waals surface area (Å²) in [7, 11) is 2.06. The van der Waals surface area contributed by atoms with Gasteiger partial charge >= 0.3 is 0 Å². The molecule has 0 radical (unpaired) electrons. The van der Waals surface area contributed by atoms with E-state index in [1.165, 1.54) is 10.6 Å². The van der Waals surface area contributed by atoms with Crippen LogP contribution in [0.1, 0.15) is 31.5 Å². The number of nitrogens with zero attached hydrogens (tertiary/aromatic N) is 1. The van der Waals surface area contributed by atoms with E-state index in [0.717, 1.165) is 19.4 Å². The number of carbonyl (C=O) groups excluding carboxylic acids is 1. The predicted molar refractivity (Wildman–Crippen MR) is 97.8 cm³/mol. The summed E-state index contributed by atoms with van der Waals surface area (Å²) < 4.78 is 2.15. The zero-order valence-corrected chi connectivity index (χ0v) is 15.4. The van der Waals surface area contributed by atoms with Gasteiger partial charge in [-0.1, -0.05) is 23.2 Å². The van der Waals surface area contributed by atoms with Gasteiger partial charge in [-0.2, -0.15) is 0 Å². The van der Waals surface area contributed by atoms with Crippen LogP contribution in [0.3, 0.4) is 0 Å². The van der Waals surface area contributed by atoms with Gasteiger partial charge in [-0.05, 0) is 37.3 Å². The van der Waals surface area contributed by atoms with Crippen molar-refractivity contribution < 1.29 is 9.69 Å². The number of quaternary nitrogens is 1. The van der Waals surface area contributed by atoms with Crippen molar-refractivity contribution >= 4 is 34.8 Å². The molecular formula is C18H22Cl2N3O+. The van der Waals surface area contributed by atoms with Crippen molar-refractivity contribution in [1.82, 2.24) is 4.57 Å². The molecular weight excluding hydrogens is 345 g/mol. The average Bonchev–Trinajstić information content (AvgIpc) is 3.17. The van der Waals surface area contributed by atoms with Gasteiger partial charge in [-0.25, -0.2) is 0 Å². The lowest BCUT2D eigenvalue weighted by molar-refractivity contribution is -0.932. The molecule has 0 aliphatic carbocycles. The van der Waals surface area contributed by atoms with Crippen LogP contribution in [0.4, 0.5) is 5.69 Å². The largest absolute Gasteiger partial charge is 0.350 e. The fraction of sp³-hybridized carbons (Fsp3) is 0.389. The highest BCUT2D eigenvalue weighted by molar-refractivity contribution is 6.36. The molecule has 3 rings (SSSR count). The van der Waals surface area contributed by atoms with Gasteiger partial charge in [-0.15, -0.1) is 0 Å². The maximum Gasteiger partial charge on any atom is 0.282 e. The quantitative estimate of drug-likeness (QED) is 0.857. The van der Waals surface area contributed by atoms with Gasteiger partial charge in [0.25, 0.3) is 5.91 Å². The molecule has 2 N–H and O–H groups in total. The number of anilines is 1. The van der Waals surface area contributed by atoms with Gasteiger partial charge < -0.3 is 14.8 Å². The normalized spacial score (nSPS) is 21.7. The number of benzene rings is 1. The monoisotopic (exact) mass is 366 g/mol. The van der Waals surface area contributed by atoms with E-state index in [4.69, 9.17) is 23.2 Å². The van der Waals surface area contributed by atoms with Crippen LogP contribution in [0.2, 0.25) is 10.0 Å². The Balaban J connectivity index is 1.74. The number of halogens is 2. The van der Waals surface area contributed by atoms with E-state index in [1.54, 1.807) is 18.2 Å². The standard InChI is InChI=1S/C18H21Cl2N3O/c1-12(18(24)21-15-8-7-13(19)11-14(15)20)23-10-4-6-17(23)16-5-3-9-22(16)2/h3,5,7-9,11-12,17H,4,6,10H2,1-2H3,(H,21,24)/p+1/t12-,17-/m1/s1. The molecule has 1 unspecified atom stereocenters. The Bertz CT molecular complexity index is 744. The molecule has 1 aromatic heterocycles. The van der Waals surface area contributed by atoms with Crippen LogP contribution >= 0.6 is 23.2 Å². The van der Waals surface area contributed by atoms with Gasteiger partial charge in [0, 0.05) is 31.1 Å². The molecule has 0 bridgehead atoms. The zero-order chi connectivity index (χ0) is 17.3. The second kappa shape index (κ2) is 7.18. The fourth-order valence-electron chi connectivity index (χ4n) is 3.56. The number of aromatic nitrogens is 1. The Morgan fingerprint density at radius 1 is 1.38 bits per heavy atom. The van der Waals surface area contributed by atoms with Crippen LogP contribution in [0, 0.1) is 0 Å². The third kappa shape index (κ3) is 3.46. The third-order valence-corrected chi connectivity index (χ3v) is 5.43. The van der Waals surface area contributed by atoms with E-state index in [1.807, 2.05) is 6.92 Å². The summed E-state index contributed by atoms with van der Waals surface area (Å²) in [6, 6.07) is 9.51. The van der Waals surface area contributed by atoms with Crippen LogP contribution in [0.15, 0.2) is 36.5 Å². The molecule has 2 heterocycles. The summed E-state index contributed by atoms with van der Waals surface area (Å²) in [6.45, 7) is 2.98. The number of aryl methyl sites for hydroxylation is 1. The molecule has 0 saturated carbocycles. The van der Waals surface area contributed by atoms with Crippen molar-refractivity contribution in [1.29, 1.82) is 0 Å². The topological polar surface area (TPSA) is 38.5 Å². The minimum atomic E-state index is -0.154. The summed E-state index contributed by atoms with van der Waals surface area (Å²) in [6.07, 6.45) is 4.29. The maximum absolute atomic E-state index is 12.7. The molecule has 1 aliphatic rings. The predicted octanol–water partition coefficient (Wildman–Crippen LogP) is 3.08. The van der Waals surface area contributed by atoms with Crippen molar-refractivity contribution in [2.24, 2.45) is 7.05 Å². The molecule has 1 aliphatic heterocycles. The summed E-state index contributed by atoms with van der Waals surface area (Å²) in [5.41, 5.74) is 1.89. The number of nitrogens with one attached hydrogen (secondary N) is 2. The van der Waals surface area contributed by atoms with Crippen LogP contribution in [0.25, 0.3) is 0 Å². The second-order valence-electron chi connectivity index (χ2n) is 6.40. The van der Waals surface area contributed by atoms with Crippen LogP contribution in [0.5, 0.6) is 0 Å².